The minimum Gasteiger partial charge on any atom is -0.379 e. The fourth-order valence-corrected chi connectivity index (χ4v) is 10.9. The number of rotatable bonds is 29. The molecule has 0 radical (unpaired) electrons. The van der Waals surface area contributed by atoms with E-state index in [0.29, 0.717) is 77.7 Å². The van der Waals surface area contributed by atoms with Gasteiger partial charge < -0.3 is 30.7 Å². The van der Waals surface area contributed by atoms with Crippen molar-refractivity contribution in [2.45, 2.75) is 235 Å². The van der Waals surface area contributed by atoms with Gasteiger partial charge in [-0.05, 0) is 143 Å². The van der Waals surface area contributed by atoms with Gasteiger partial charge in [0.1, 0.15) is 0 Å². The number of nitrogens with one attached hydrogen (secondary N) is 4. The first-order valence-corrected chi connectivity index (χ1v) is 27.1. The molecule has 0 aliphatic carbocycles. The topological polar surface area (TPSA) is 138 Å². The first kappa shape index (κ1) is 61.2. The van der Waals surface area contributed by atoms with Gasteiger partial charge in [0.25, 0.3) is 0 Å². The number of carbonyl (C=O) groups excluding carboxylic acids is 4. The van der Waals surface area contributed by atoms with E-state index in [1.807, 2.05) is 13.8 Å². The average molecular weight is 979 g/mol. The molecular weight excluding hydrogens is 883 g/mol. The van der Waals surface area contributed by atoms with Gasteiger partial charge in [0.05, 0.1) is 17.8 Å². The van der Waals surface area contributed by atoms with Crippen LogP contribution in [0.3, 0.4) is 0 Å². The van der Waals surface area contributed by atoms with Crippen LogP contribution in [0.2, 0.25) is 0 Å². The van der Waals surface area contributed by atoms with Crippen LogP contribution in [-0.2, 0) is 28.7 Å². The van der Waals surface area contributed by atoms with Crippen LogP contribution in [0.15, 0.2) is 0 Å². The Kier molecular flexibility index (Phi) is 30.6. The van der Waals surface area contributed by atoms with Gasteiger partial charge in [-0.3, -0.25) is 24.1 Å². The monoisotopic (exact) mass is 978 g/mol. The summed E-state index contributed by atoms with van der Waals surface area (Å²) in [5.41, 5.74) is -2.35. The second kappa shape index (κ2) is 32.1. The highest BCUT2D eigenvalue weighted by atomic mass is 32.1. The van der Waals surface area contributed by atoms with Crippen LogP contribution in [0.5, 0.6) is 0 Å². The summed E-state index contributed by atoms with van der Waals surface area (Å²) in [6.45, 7) is 19.3. The minimum atomic E-state index is -0.755. The summed E-state index contributed by atoms with van der Waals surface area (Å²) in [5, 5.41) is 13.6. The third-order valence-electron chi connectivity index (χ3n) is 13.2. The van der Waals surface area contributed by atoms with Crippen molar-refractivity contribution in [3.8, 4) is 0 Å². The van der Waals surface area contributed by atoms with Crippen molar-refractivity contribution in [2.75, 3.05) is 51.4 Å². The number of nitrogens with zero attached hydrogens (tertiary/aromatic N) is 1. The van der Waals surface area contributed by atoms with Crippen LogP contribution >= 0.6 is 50.5 Å². The average Bonchev–Trinajstić information content (AvgIpc) is 3.20. The Labute approximate surface area is 413 Å². The van der Waals surface area contributed by atoms with E-state index < -0.39 is 11.1 Å². The Morgan fingerprint density at radius 2 is 1.16 bits per heavy atom. The van der Waals surface area contributed by atoms with E-state index in [1.165, 1.54) is 0 Å². The summed E-state index contributed by atoms with van der Waals surface area (Å²) < 4.78 is 12.1. The number of ether oxygens (including phenoxy) is 2. The van der Waals surface area contributed by atoms with Crippen molar-refractivity contribution in [1.82, 2.24) is 26.2 Å². The van der Waals surface area contributed by atoms with Crippen molar-refractivity contribution >= 4 is 74.1 Å². The molecule has 0 aromatic heterocycles. The predicted molar refractivity (Wildman–Crippen MR) is 281 cm³/mol. The number of thiol groups is 4. The van der Waals surface area contributed by atoms with Crippen LogP contribution in [0, 0.1) is 0 Å². The molecule has 1 saturated heterocycles. The molecule has 0 aromatic carbocycles. The van der Waals surface area contributed by atoms with Crippen molar-refractivity contribution in [1.29, 1.82) is 0 Å². The molecule has 11 nitrogen and oxygen atoms in total. The molecule has 0 bridgehead atoms. The number of hydrogen-bond acceptors (Lipinski definition) is 11. The van der Waals surface area contributed by atoms with Gasteiger partial charge in [0.2, 0.25) is 23.6 Å². The van der Waals surface area contributed by atoms with Crippen molar-refractivity contribution in [3.05, 3.63) is 0 Å². The zero-order chi connectivity index (χ0) is 48.3. The fraction of sp³-hybridized carbons (Fsp3) is 0.918. The smallest absolute Gasteiger partial charge is 0.221 e. The second-order valence-electron chi connectivity index (χ2n) is 20.5. The zero-order valence-corrected chi connectivity index (χ0v) is 45.4. The Bertz CT molecular complexity index is 1270. The summed E-state index contributed by atoms with van der Waals surface area (Å²) in [6, 6.07) is 0. The summed E-state index contributed by atoms with van der Waals surface area (Å²) in [6.07, 6.45) is 16.1. The van der Waals surface area contributed by atoms with Crippen LogP contribution in [-0.4, -0.2) is 118 Å². The van der Waals surface area contributed by atoms with E-state index in [2.05, 4.69) is 118 Å². The molecule has 64 heavy (non-hydrogen) atoms. The van der Waals surface area contributed by atoms with E-state index in [9.17, 15) is 19.2 Å². The first-order valence-electron chi connectivity index (χ1n) is 24.8. The Morgan fingerprint density at radius 1 is 0.703 bits per heavy atom. The molecule has 4 atom stereocenters. The Hall–Kier alpha value is -0.840. The van der Waals surface area contributed by atoms with E-state index >= 15 is 0 Å². The number of methoxy groups -OCH3 is 1. The molecule has 15 heteroatoms. The Morgan fingerprint density at radius 3 is 1.56 bits per heavy atom. The summed E-state index contributed by atoms with van der Waals surface area (Å²) in [5.74, 6) is 1.36. The maximum atomic E-state index is 13.7. The van der Waals surface area contributed by atoms with Gasteiger partial charge in [-0.15, -0.1) is 0 Å². The third-order valence-corrected chi connectivity index (χ3v) is 14.8. The van der Waals surface area contributed by atoms with E-state index in [4.69, 9.17) is 9.47 Å². The molecule has 1 rings (SSSR count). The maximum Gasteiger partial charge on any atom is 0.221 e. The van der Waals surface area contributed by atoms with E-state index in [-0.39, 0.29) is 50.9 Å². The molecule has 1 aliphatic heterocycles. The van der Waals surface area contributed by atoms with Crippen LogP contribution in [0.25, 0.3) is 0 Å². The molecule has 0 spiro atoms. The van der Waals surface area contributed by atoms with E-state index in [0.717, 1.165) is 108 Å². The highest BCUT2D eigenvalue weighted by molar-refractivity contribution is 7.81. The van der Waals surface area contributed by atoms with Crippen LogP contribution < -0.4 is 21.3 Å². The lowest BCUT2D eigenvalue weighted by Gasteiger charge is -2.46. The van der Waals surface area contributed by atoms with Gasteiger partial charge in [-0.2, -0.15) is 50.5 Å². The first-order chi connectivity index (χ1) is 30.1. The number of carbonyl (C=O) groups is 4. The quantitative estimate of drug-likeness (QED) is 0.0277. The standard InChI is InChI=1S/C49H95N5O6S4/c1-10-24-49(25-11-2,27-26-46(5,6)60-35-30-45(3,4)59-9)54-33-20-41(55)50-31-28-47(7,52-43(57)18-14-12-16-39(63)22-36-61)38-48(8,29-32-51-42(56)21-34-54)53-44(58)19-15-13-17-40(64)23-37-62/h39-40,61-64H,10-38H2,1-9H3,(H,50,55)(H,51,56)(H,52,57)(H,53,58). The summed E-state index contributed by atoms with van der Waals surface area (Å²) >= 11 is 18.0. The third kappa shape index (κ3) is 26.6. The molecule has 376 valence electrons. The van der Waals surface area contributed by atoms with Crippen molar-refractivity contribution in [3.63, 3.8) is 0 Å². The summed E-state index contributed by atoms with van der Waals surface area (Å²) in [4.78, 5) is 57.1. The Balaban J connectivity index is 3.40. The molecule has 1 heterocycles. The molecule has 0 aromatic rings. The molecular formula is C49H95N5O6S4. The zero-order valence-electron chi connectivity index (χ0n) is 41.8. The minimum absolute atomic E-state index is 0.0520. The van der Waals surface area contributed by atoms with Gasteiger partial charge in [0, 0.05) is 86.1 Å². The lowest BCUT2D eigenvalue weighted by atomic mass is 9.79. The normalized spacial score (nSPS) is 21.5. The second-order valence-corrected chi connectivity index (χ2v) is 22.8. The van der Waals surface area contributed by atoms with Crippen molar-refractivity contribution < 1.29 is 28.7 Å². The van der Waals surface area contributed by atoms with Gasteiger partial charge in [0.15, 0.2) is 0 Å². The molecule has 0 saturated carbocycles. The SMILES string of the molecule is CCCC(CCC)(CCC(C)(C)OCCC(C)(C)OC)N1CCC(=O)NCCC(C)(NC(=O)CCCCC(S)CCS)CC(C)(NC(=O)CCCCC(S)CCS)CCNC(=O)CC1. The lowest BCUT2D eigenvalue weighted by Crippen LogP contribution is -2.58. The molecule has 1 fully saturated rings. The number of hydrogen-bond donors (Lipinski definition) is 8. The van der Waals surface area contributed by atoms with Gasteiger partial charge in [-0.1, -0.05) is 39.5 Å². The predicted octanol–water partition coefficient (Wildman–Crippen LogP) is 9.32. The van der Waals surface area contributed by atoms with E-state index in [1.54, 1.807) is 7.11 Å². The molecule has 1 aliphatic rings. The van der Waals surface area contributed by atoms with Gasteiger partial charge >= 0.3 is 0 Å². The van der Waals surface area contributed by atoms with Crippen LogP contribution in [0.1, 0.15) is 197 Å². The highest BCUT2D eigenvalue weighted by Gasteiger charge is 2.39. The fourth-order valence-electron chi connectivity index (χ4n) is 9.22. The maximum absolute atomic E-state index is 13.7. The number of amides is 4. The van der Waals surface area contributed by atoms with Gasteiger partial charge in [-0.25, -0.2) is 0 Å². The largest absolute Gasteiger partial charge is 0.379 e. The lowest BCUT2D eigenvalue weighted by molar-refractivity contribution is -0.124. The molecule has 4 N–H and O–H groups in total. The van der Waals surface area contributed by atoms with Crippen molar-refractivity contribution in [2.24, 2.45) is 0 Å². The molecule has 4 unspecified atom stereocenters. The highest BCUT2D eigenvalue weighted by Crippen LogP contribution is 2.36. The number of unbranched alkanes of at least 4 members (excludes halogenated alkanes) is 2. The van der Waals surface area contributed by atoms with Crippen LogP contribution in [0.4, 0.5) is 0 Å². The summed E-state index contributed by atoms with van der Waals surface area (Å²) in [7, 11) is 1.73. The molecule has 4 amide bonds.